The molecule has 22 heavy (non-hydrogen) atoms. The number of aliphatic hydroxyl groups is 1. The molecule has 0 spiro atoms. The Morgan fingerprint density at radius 1 is 1.14 bits per heavy atom. The summed E-state index contributed by atoms with van der Waals surface area (Å²) in [6, 6.07) is 9.62. The number of nitrogens with zero attached hydrogens (tertiary/aromatic N) is 2. The number of amides is 1. The Hall–Kier alpha value is -2.27. The van der Waals surface area contributed by atoms with Crippen LogP contribution in [0.4, 0.5) is 0 Å². The van der Waals surface area contributed by atoms with E-state index in [9.17, 15) is 9.90 Å². The second kappa shape index (κ2) is 6.23. The Morgan fingerprint density at radius 2 is 1.77 bits per heavy atom. The molecular weight excluding hydrogens is 278 g/mol. The quantitative estimate of drug-likeness (QED) is 0.907. The van der Waals surface area contributed by atoms with Crippen LogP contribution in [0.15, 0.2) is 42.7 Å². The van der Waals surface area contributed by atoms with E-state index >= 15 is 0 Å². The lowest BCUT2D eigenvalue weighted by Gasteiger charge is -2.27. The molecular formula is C17H19N3O2. The predicted octanol–water partition coefficient (Wildman–Crippen LogP) is 2.18. The zero-order valence-electron chi connectivity index (χ0n) is 12.3. The van der Waals surface area contributed by atoms with Crippen molar-refractivity contribution < 1.29 is 9.90 Å². The number of aliphatic hydroxyl groups excluding tert-OH is 1. The molecule has 114 valence electrons. The van der Waals surface area contributed by atoms with E-state index in [0.29, 0.717) is 11.4 Å². The van der Waals surface area contributed by atoms with Gasteiger partial charge in [-0.1, -0.05) is 43.2 Å². The van der Waals surface area contributed by atoms with Crippen LogP contribution in [0.5, 0.6) is 0 Å². The fraction of sp³-hybridized carbons (Fsp3) is 0.353. The molecule has 1 aliphatic rings. The molecule has 3 rings (SSSR count). The van der Waals surface area contributed by atoms with E-state index in [1.165, 1.54) is 12.4 Å². The normalized spacial score (nSPS) is 16.4. The maximum atomic E-state index is 12.3. The molecule has 5 nitrogen and oxygen atoms in total. The summed E-state index contributed by atoms with van der Waals surface area (Å²) in [5.74, 6) is 0.366. The minimum absolute atomic E-state index is 0.0261. The maximum Gasteiger partial charge on any atom is 0.254 e. The van der Waals surface area contributed by atoms with Crippen LogP contribution in [-0.4, -0.2) is 33.1 Å². The van der Waals surface area contributed by atoms with Crippen LogP contribution in [0.3, 0.4) is 0 Å². The molecule has 0 bridgehead atoms. The van der Waals surface area contributed by atoms with Gasteiger partial charge < -0.3 is 10.4 Å². The summed E-state index contributed by atoms with van der Waals surface area (Å²) in [6.45, 7) is -0.0261. The van der Waals surface area contributed by atoms with Crippen LogP contribution in [0.2, 0.25) is 0 Å². The molecule has 1 amide bonds. The Kier molecular flexibility index (Phi) is 4.15. The van der Waals surface area contributed by atoms with Crippen LogP contribution < -0.4 is 5.32 Å². The van der Waals surface area contributed by atoms with Crippen molar-refractivity contribution in [2.75, 3.05) is 6.61 Å². The number of carbonyl (C=O) groups is 1. The molecule has 1 heterocycles. The fourth-order valence-electron chi connectivity index (χ4n) is 2.87. The first-order valence-corrected chi connectivity index (χ1v) is 7.53. The van der Waals surface area contributed by atoms with Gasteiger partial charge in [-0.2, -0.15) is 0 Å². The zero-order valence-corrected chi connectivity index (χ0v) is 12.3. The van der Waals surface area contributed by atoms with E-state index in [4.69, 9.17) is 0 Å². The van der Waals surface area contributed by atoms with E-state index in [1.54, 1.807) is 0 Å². The molecule has 0 aliphatic heterocycles. The Balaban J connectivity index is 1.74. The summed E-state index contributed by atoms with van der Waals surface area (Å²) in [6.07, 6.45) is 6.76. The molecule has 1 aromatic carbocycles. The first kappa shape index (κ1) is 14.7. The molecule has 0 saturated heterocycles. The third kappa shape index (κ3) is 2.99. The van der Waals surface area contributed by atoms with E-state index in [0.717, 1.165) is 31.2 Å². The van der Waals surface area contributed by atoms with Gasteiger partial charge in [0.05, 0.1) is 17.7 Å². The topological polar surface area (TPSA) is 75.1 Å². The summed E-state index contributed by atoms with van der Waals surface area (Å²) in [4.78, 5) is 20.8. The van der Waals surface area contributed by atoms with Crippen molar-refractivity contribution in [3.63, 3.8) is 0 Å². The van der Waals surface area contributed by atoms with Gasteiger partial charge in [-0.05, 0) is 12.8 Å². The van der Waals surface area contributed by atoms with E-state index < -0.39 is 5.54 Å². The van der Waals surface area contributed by atoms with Crippen molar-refractivity contribution >= 4 is 5.91 Å². The second-order valence-corrected chi connectivity index (χ2v) is 5.76. The molecule has 0 radical (unpaired) electrons. The van der Waals surface area contributed by atoms with Crippen molar-refractivity contribution in [3.05, 3.63) is 48.3 Å². The molecule has 1 aliphatic carbocycles. The molecule has 1 fully saturated rings. The fourth-order valence-corrected chi connectivity index (χ4v) is 2.87. The van der Waals surface area contributed by atoms with Gasteiger partial charge in [-0.3, -0.25) is 4.79 Å². The number of benzene rings is 1. The van der Waals surface area contributed by atoms with Gasteiger partial charge >= 0.3 is 0 Å². The lowest BCUT2D eigenvalue weighted by Crippen LogP contribution is -2.49. The highest BCUT2D eigenvalue weighted by Gasteiger charge is 2.34. The van der Waals surface area contributed by atoms with Crippen LogP contribution in [0.25, 0.3) is 11.4 Å². The summed E-state index contributed by atoms with van der Waals surface area (Å²) >= 11 is 0. The monoisotopic (exact) mass is 297 g/mol. The van der Waals surface area contributed by atoms with Gasteiger partial charge in [0.15, 0.2) is 5.82 Å². The van der Waals surface area contributed by atoms with Crippen molar-refractivity contribution in [1.29, 1.82) is 0 Å². The Morgan fingerprint density at radius 3 is 2.36 bits per heavy atom. The highest BCUT2D eigenvalue weighted by Crippen LogP contribution is 2.29. The second-order valence-electron chi connectivity index (χ2n) is 5.76. The third-order valence-electron chi connectivity index (χ3n) is 4.19. The number of hydrogen-bond acceptors (Lipinski definition) is 4. The highest BCUT2D eigenvalue weighted by molar-refractivity contribution is 5.94. The SMILES string of the molecule is O=C(NC1(CO)CCCC1)c1cnc(-c2ccccc2)nc1. The molecule has 1 saturated carbocycles. The van der Waals surface area contributed by atoms with E-state index in [-0.39, 0.29) is 12.5 Å². The lowest BCUT2D eigenvalue weighted by molar-refractivity contribution is 0.0838. The molecule has 5 heteroatoms. The molecule has 2 N–H and O–H groups in total. The van der Waals surface area contributed by atoms with Crippen molar-refractivity contribution in [3.8, 4) is 11.4 Å². The zero-order chi connectivity index (χ0) is 15.4. The minimum Gasteiger partial charge on any atom is -0.394 e. The third-order valence-corrected chi connectivity index (χ3v) is 4.19. The first-order valence-electron chi connectivity index (χ1n) is 7.53. The number of nitrogens with one attached hydrogen (secondary N) is 1. The predicted molar refractivity (Wildman–Crippen MR) is 83.2 cm³/mol. The van der Waals surface area contributed by atoms with E-state index in [1.807, 2.05) is 30.3 Å². The standard InChI is InChI=1S/C17H19N3O2/c21-12-17(8-4-5-9-17)20-16(22)14-10-18-15(19-11-14)13-6-2-1-3-7-13/h1-3,6-7,10-11,21H,4-5,8-9,12H2,(H,20,22). The van der Waals surface area contributed by atoms with Gasteiger partial charge in [-0.25, -0.2) is 9.97 Å². The van der Waals surface area contributed by atoms with Gasteiger partial charge in [0.2, 0.25) is 0 Å². The lowest BCUT2D eigenvalue weighted by atomic mass is 9.98. The summed E-state index contributed by atoms with van der Waals surface area (Å²) in [5.41, 5.74) is 0.853. The van der Waals surface area contributed by atoms with E-state index in [2.05, 4.69) is 15.3 Å². The van der Waals surface area contributed by atoms with Crippen LogP contribution in [0, 0.1) is 0 Å². The van der Waals surface area contributed by atoms with Gasteiger partial charge in [0, 0.05) is 18.0 Å². The van der Waals surface area contributed by atoms with Crippen molar-refractivity contribution in [1.82, 2.24) is 15.3 Å². The van der Waals surface area contributed by atoms with Crippen molar-refractivity contribution in [2.24, 2.45) is 0 Å². The minimum atomic E-state index is -0.477. The summed E-state index contributed by atoms with van der Waals surface area (Å²) in [5, 5.41) is 12.5. The number of rotatable bonds is 4. The number of carbonyl (C=O) groups excluding carboxylic acids is 1. The number of hydrogen-bond donors (Lipinski definition) is 2. The molecule has 0 unspecified atom stereocenters. The van der Waals surface area contributed by atoms with Crippen LogP contribution in [0.1, 0.15) is 36.0 Å². The Bertz CT molecular complexity index is 635. The van der Waals surface area contributed by atoms with Gasteiger partial charge in [0.25, 0.3) is 5.91 Å². The van der Waals surface area contributed by atoms with Gasteiger partial charge in [-0.15, -0.1) is 0 Å². The van der Waals surface area contributed by atoms with Gasteiger partial charge in [0.1, 0.15) is 0 Å². The first-order chi connectivity index (χ1) is 10.7. The van der Waals surface area contributed by atoms with Crippen LogP contribution in [-0.2, 0) is 0 Å². The average molecular weight is 297 g/mol. The highest BCUT2D eigenvalue weighted by atomic mass is 16.3. The maximum absolute atomic E-state index is 12.3. The summed E-state index contributed by atoms with van der Waals surface area (Å²) in [7, 11) is 0. The molecule has 1 aromatic heterocycles. The largest absolute Gasteiger partial charge is 0.394 e. The smallest absolute Gasteiger partial charge is 0.254 e. The Labute approximate surface area is 129 Å². The summed E-state index contributed by atoms with van der Waals surface area (Å²) < 4.78 is 0. The molecule has 2 aromatic rings. The number of aromatic nitrogens is 2. The average Bonchev–Trinajstić information content (AvgIpc) is 3.05. The molecule has 0 atom stereocenters. The van der Waals surface area contributed by atoms with Crippen molar-refractivity contribution in [2.45, 2.75) is 31.2 Å². The van der Waals surface area contributed by atoms with Crippen LogP contribution >= 0.6 is 0 Å².